The van der Waals surface area contributed by atoms with E-state index in [1.165, 1.54) is 51.3 Å². The van der Waals surface area contributed by atoms with E-state index in [0.717, 1.165) is 22.3 Å². The molecule has 6 fully saturated rings. The molecule has 440 valence electrons. The molecule has 81 heavy (non-hydrogen) atoms. The Morgan fingerprint density at radius 3 is 1.33 bits per heavy atom. The number of carbonyl (C=O) groups is 4. The third kappa shape index (κ3) is 16.4. The van der Waals surface area contributed by atoms with Crippen LogP contribution in [0.3, 0.4) is 0 Å². The SMILES string of the molecule is CCCN1CCNCC1.O=C(O)c1ccc(-c2cc(Cl)c(C[C@@H]3CCN(C4CCC(F)(F)CC4)C3=O)c(Cl)c2)cc1.O=C(c1ccc(-c2cc(Cl)c(C[C@@H]3CCN(C4CCC(F)(F)CC4)C3=O)c(Cl)c2)cc1)N1CCN(CCF)CC1. The lowest BCUT2D eigenvalue weighted by Gasteiger charge is -2.34. The number of amides is 3. The fourth-order valence-electron chi connectivity index (χ4n) is 12.1. The molecule has 4 aliphatic heterocycles. The predicted molar refractivity (Wildman–Crippen MR) is 310 cm³/mol. The Morgan fingerprint density at radius 1 is 0.556 bits per heavy atom. The summed E-state index contributed by atoms with van der Waals surface area (Å²) in [6.45, 7) is 12.0. The number of benzene rings is 4. The lowest BCUT2D eigenvalue weighted by molar-refractivity contribution is -0.136. The van der Waals surface area contributed by atoms with Crippen LogP contribution in [0.2, 0.25) is 20.1 Å². The van der Waals surface area contributed by atoms with Crippen molar-refractivity contribution in [1.29, 1.82) is 0 Å². The van der Waals surface area contributed by atoms with Gasteiger partial charge in [0.25, 0.3) is 5.91 Å². The molecule has 4 aromatic carbocycles. The molecule has 4 heterocycles. The van der Waals surface area contributed by atoms with Gasteiger partial charge in [0.2, 0.25) is 23.7 Å². The lowest BCUT2D eigenvalue weighted by Crippen LogP contribution is -2.49. The third-order valence-electron chi connectivity index (χ3n) is 16.9. The van der Waals surface area contributed by atoms with Gasteiger partial charge >= 0.3 is 5.97 Å². The molecule has 0 radical (unpaired) electrons. The van der Waals surface area contributed by atoms with E-state index in [-0.39, 0.29) is 79.6 Å². The Morgan fingerprint density at radius 2 is 0.951 bits per heavy atom. The van der Waals surface area contributed by atoms with Gasteiger partial charge in [-0.25, -0.2) is 26.7 Å². The summed E-state index contributed by atoms with van der Waals surface area (Å²) in [5, 5.41) is 14.2. The highest BCUT2D eigenvalue weighted by Crippen LogP contribution is 2.42. The Hall–Kier alpha value is -4.55. The van der Waals surface area contributed by atoms with Crippen LogP contribution in [0.15, 0.2) is 72.8 Å². The molecule has 0 unspecified atom stereocenters. The van der Waals surface area contributed by atoms with Crippen molar-refractivity contribution >= 4 is 70.1 Å². The summed E-state index contributed by atoms with van der Waals surface area (Å²) in [5.41, 5.74) is 5.37. The number of piperazine rings is 2. The van der Waals surface area contributed by atoms with Gasteiger partial charge in [-0.1, -0.05) is 77.6 Å². The van der Waals surface area contributed by atoms with E-state index in [9.17, 15) is 41.1 Å². The van der Waals surface area contributed by atoms with Crippen LogP contribution in [0.25, 0.3) is 22.3 Å². The smallest absolute Gasteiger partial charge is 0.335 e. The fraction of sp³-hybridized carbons (Fsp3) is 0.541. The number of likely N-dealkylation sites (tertiary alicyclic amines) is 2. The molecule has 4 aromatic rings. The zero-order valence-electron chi connectivity index (χ0n) is 45.8. The van der Waals surface area contributed by atoms with E-state index in [1.807, 2.05) is 29.2 Å². The minimum Gasteiger partial charge on any atom is -0.478 e. The number of hydrogen-bond donors (Lipinski definition) is 2. The van der Waals surface area contributed by atoms with Crippen molar-refractivity contribution in [3.05, 3.63) is 115 Å². The second kappa shape index (κ2) is 28.4. The van der Waals surface area contributed by atoms with Crippen LogP contribution in [0, 0.1) is 11.8 Å². The summed E-state index contributed by atoms with van der Waals surface area (Å²) in [6, 6.07) is 20.6. The van der Waals surface area contributed by atoms with Crippen molar-refractivity contribution in [3.8, 4) is 22.3 Å². The molecule has 2 N–H and O–H groups in total. The molecule has 2 atom stereocenters. The first-order valence-corrected chi connectivity index (χ1v) is 30.0. The van der Waals surface area contributed by atoms with Gasteiger partial charge in [0, 0.05) is 147 Å². The number of carboxylic acid groups (broad SMARTS) is 1. The standard InChI is InChI=1S/C30H34Cl2F3N3O2.C24H23Cl2F2NO3.C7H16N2/c31-26-18-23(20-1-3-21(4-2-20)28(39)37-15-13-36(12-10-33)14-16-37)19-27(32)25(26)17-22-7-11-38(29(22)40)24-5-8-30(34,35)9-6-24;25-20-12-17(14-1-3-15(4-2-14)23(31)32)13-21(26)19(20)11-16-7-10-29(22(16)30)18-5-8-24(27,28)9-6-18;1-2-5-9-6-3-8-4-7-9/h1-4,18-19,22,24H,5-17H2;1-4,12-13,16,18H,5-11H2,(H,31,32);8H,2-7H2,1H3/t22-;16-;/m00./s1. The van der Waals surface area contributed by atoms with Crippen molar-refractivity contribution in [2.45, 2.75) is 114 Å². The molecular weight excluding hydrogens is 1130 g/mol. The summed E-state index contributed by atoms with van der Waals surface area (Å²) >= 11 is 26.4. The average Bonchev–Trinajstić information content (AvgIpc) is 4.05. The number of halogens is 9. The molecule has 0 bridgehead atoms. The molecule has 0 aromatic heterocycles. The number of nitrogens with zero attached hydrogens (tertiary/aromatic N) is 5. The topological polar surface area (TPSA) is 117 Å². The van der Waals surface area contributed by atoms with Gasteiger partial charge < -0.3 is 30.0 Å². The molecule has 20 heteroatoms. The maximum absolute atomic E-state index is 13.6. The summed E-state index contributed by atoms with van der Waals surface area (Å²) in [6.07, 6.45) is 4.07. The minimum absolute atomic E-state index is 0.00416. The van der Waals surface area contributed by atoms with Crippen LogP contribution in [0.5, 0.6) is 0 Å². The van der Waals surface area contributed by atoms with E-state index in [1.54, 1.807) is 51.1 Å². The maximum atomic E-state index is 13.6. The van der Waals surface area contributed by atoms with Gasteiger partial charge in [-0.3, -0.25) is 19.3 Å². The first-order chi connectivity index (χ1) is 38.7. The Bertz CT molecular complexity index is 2750. The highest BCUT2D eigenvalue weighted by molar-refractivity contribution is 6.37. The number of rotatable bonds is 14. The summed E-state index contributed by atoms with van der Waals surface area (Å²) in [7, 11) is 0. The van der Waals surface area contributed by atoms with Gasteiger partial charge in [0.1, 0.15) is 6.67 Å². The van der Waals surface area contributed by atoms with Crippen LogP contribution in [-0.4, -0.2) is 162 Å². The van der Waals surface area contributed by atoms with E-state index in [4.69, 9.17) is 51.5 Å². The second-order valence-electron chi connectivity index (χ2n) is 22.3. The van der Waals surface area contributed by atoms with Crippen LogP contribution in [-0.2, 0) is 22.4 Å². The summed E-state index contributed by atoms with van der Waals surface area (Å²) in [4.78, 5) is 59.9. The van der Waals surface area contributed by atoms with Crippen LogP contribution >= 0.6 is 46.4 Å². The van der Waals surface area contributed by atoms with E-state index in [2.05, 4.69) is 17.1 Å². The van der Waals surface area contributed by atoms with Crippen molar-refractivity contribution in [2.24, 2.45) is 11.8 Å². The monoisotopic (exact) mass is 1200 g/mol. The average molecular weight is 1210 g/mol. The molecular formula is C61H73Cl4F5N6O5. The third-order valence-corrected chi connectivity index (χ3v) is 18.2. The van der Waals surface area contributed by atoms with Crippen molar-refractivity contribution in [3.63, 3.8) is 0 Å². The lowest BCUT2D eigenvalue weighted by atomic mass is 9.91. The molecule has 3 amide bonds. The van der Waals surface area contributed by atoms with Crippen LogP contribution < -0.4 is 5.32 Å². The minimum atomic E-state index is -2.62. The Kier molecular flexibility index (Phi) is 21.9. The van der Waals surface area contributed by atoms with Crippen LogP contribution in [0.4, 0.5) is 22.0 Å². The van der Waals surface area contributed by atoms with Crippen molar-refractivity contribution in [2.75, 3.05) is 85.2 Å². The highest BCUT2D eigenvalue weighted by atomic mass is 35.5. The largest absolute Gasteiger partial charge is 0.478 e. The quantitative estimate of drug-likeness (QED) is 0.120. The normalized spacial score (nSPS) is 21.8. The first kappa shape index (κ1) is 62.5. The Balaban J connectivity index is 0.000000187. The molecule has 2 saturated carbocycles. The molecule has 4 saturated heterocycles. The number of carbonyl (C=O) groups excluding carboxylic acids is 3. The van der Waals surface area contributed by atoms with E-state index in [0.29, 0.717) is 134 Å². The highest BCUT2D eigenvalue weighted by Gasteiger charge is 2.44. The number of aromatic carboxylic acids is 1. The zero-order valence-corrected chi connectivity index (χ0v) is 48.9. The van der Waals surface area contributed by atoms with Gasteiger partial charge in [-0.2, -0.15) is 0 Å². The van der Waals surface area contributed by atoms with E-state index < -0.39 is 17.8 Å². The first-order valence-electron chi connectivity index (χ1n) is 28.5. The summed E-state index contributed by atoms with van der Waals surface area (Å²) < 4.78 is 66.7. The predicted octanol–water partition coefficient (Wildman–Crippen LogP) is 13.0. The molecule has 11 nitrogen and oxygen atoms in total. The maximum Gasteiger partial charge on any atom is 0.335 e. The molecule has 2 aliphatic carbocycles. The van der Waals surface area contributed by atoms with E-state index >= 15 is 0 Å². The second-order valence-corrected chi connectivity index (χ2v) is 24.0. The van der Waals surface area contributed by atoms with Crippen molar-refractivity contribution < 1.29 is 46.2 Å². The molecule has 6 aliphatic rings. The fourth-order valence-corrected chi connectivity index (χ4v) is 13.3. The molecule has 0 spiro atoms. The van der Waals surface area contributed by atoms with Gasteiger partial charge in [0.05, 0.1) is 5.56 Å². The number of hydrogen-bond acceptors (Lipinski definition) is 7. The molecule has 10 rings (SSSR count). The zero-order chi connectivity index (χ0) is 58.0. The van der Waals surface area contributed by atoms with Crippen LogP contribution in [0.1, 0.15) is 109 Å². The van der Waals surface area contributed by atoms with Gasteiger partial charge in [-0.05, 0) is 146 Å². The van der Waals surface area contributed by atoms with Crippen molar-refractivity contribution in [1.82, 2.24) is 29.8 Å². The summed E-state index contributed by atoms with van der Waals surface area (Å²) in [5.74, 6) is -6.84. The number of carboxylic acids is 1. The number of alkyl halides is 5. The Labute approximate surface area is 492 Å². The van der Waals surface area contributed by atoms with Gasteiger partial charge in [-0.15, -0.1) is 0 Å². The number of nitrogens with one attached hydrogen (secondary N) is 1. The van der Waals surface area contributed by atoms with Gasteiger partial charge in [0.15, 0.2) is 0 Å².